The molecule has 1 saturated carbocycles. The van der Waals surface area contributed by atoms with Gasteiger partial charge in [-0.25, -0.2) is 0 Å². The Bertz CT molecular complexity index is 1460. The molecule has 244 valence electrons. The molecule has 3 aromatic rings. The highest BCUT2D eigenvalue weighted by atomic mass is 32.2. The highest BCUT2D eigenvalue weighted by molar-refractivity contribution is 7.97. The third-order valence-electron chi connectivity index (χ3n) is 8.78. The molecule has 0 amide bonds. The Morgan fingerprint density at radius 1 is 1.07 bits per heavy atom. The number of rotatable bonds is 8. The summed E-state index contributed by atoms with van der Waals surface area (Å²) < 4.78 is 55.4. The molecule has 4 N–H and O–H groups in total. The van der Waals surface area contributed by atoms with E-state index in [0.29, 0.717) is 28.4 Å². The Kier molecular flexibility index (Phi) is 11.5. The third kappa shape index (κ3) is 9.03. The number of nitrogens with zero attached hydrogens (tertiary/aromatic N) is 1. The molecule has 3 fully saturated rings. The Morgan fingerprint density at radius 2 is 1.84 bits per heavy atom. The van der Waals surface area contributed by atoms with Gasteiger partial charge in [-0.05, 0) is 92.4 Å². The molecule has 0 bridgehead atoms. The van der Waals surface area contributed by atoms with Crippen LogP contribution in [0.3, 0.4) is 0 Å². The van der Waals surface area contributed by atoms with E-state index in [-0.39, 0.29) is 6.54 Å². The average molecular weight is 644 g/mol. The first-order valence-corrected chi connectivity index (χ1v) is 16.6. The number of hydrogen-bond acceptors (Lipinski definition) is 7. The first-order valence-electron chi connectivity index (χ1n) is 15.8. The van der Waals surface area contributed by atoms with E-state index in [1.165, 1.54) is 61.7 Å². The number of halogens is 3. The maximum absolute atomic E-state index is 13.5. The fraction of sp³-hybridized carbons (Fsp3) is 0.529. The van der Waals surface area contributed by atoms with E-state index in [1.807, 2.05) is 31.3 Å². The third-order valence-corrected chi connectivity index (χ3v) is 9.47. The van der Waals surface area contributed by atoms with Crippen LogP contribution >= 0.6 is 11.9 Å². The predicted octanol–water partition coefficient (Wildman–Crippen LogP) is 7.03. The molecule has 45 heavy (non-hydrogen) atoms. The molecule has 0 unspecified atom stereocenters. The number of ether oxygens (including phenoxy) is 2. The number of aromatic nitrogens is 1. The Morgan fingerprint density at radius 3 is 2.49 bits per heavy atom. The molecule has 11 heteroatoms. The zero-order chi connectivity index (χ0) is 31.7. The lowest BCUT2D eigenvalue weighted by atomic mass is 9.75. The van der Waals surface area contributed by atoms with E-state index in [9.17, 15) is 13.2 Å². The smallest absolute Gasteiger partial charge is 0.406 e. The minimum Gasteiger partial charge on any atom is -0.495 e. The normalized spacial score (nSPS) is 17.9. The van der Waals surface area contributed by atoms with Gasteiger partial charge in [-0.1, -0.05) is 31.2 Å². The molecule has 2 aliphatic heterocycles. The van der Waals surface area contributed by atoms with Gasteiger partial charge in [0.05, 0.1) is 30.6 Å². The van der Waals surface area contributed by atoms with Crippen LogP contribution in [-0.2, 0) is 11.3 Å². The van der Waals surface area contributed by atoms with Crippen LogP contribution in [0.5, 0.6) is 5.75 Å². The minimum atomic E-state index is -4.35. The number of hydrogen-bond donors (Lipinski definition) is 4. The van der Waals surface area contributed by atoms with Gasteiger partial charge in [0.2, 0.25) is 0 Å². The molecule has 3 heterocycles. The molecule has 0 radical (unpaired) electrons. The number of benzene rings is 2. The molecule has 0 atom stereocenters. The Hall–Kier alpha value is -3.04. The summed E-state index contributed by atoms with van der Waals surface area (Å²) >= 11 is 1.47. The summed E-state index contributed by atoms with van der Waals surface area (Å²) in [6, 6.07) is 13.3. The monoisotopic (exact) mass is 643 g/mol. The molecular weight excluding hydrogens is 599 g/mol. The van der Waals surface area contributed by atoms with Gasteiger partial charge in [0.25, 0.3) is 0 Å². The summed E-state index contributed by atoms with van der Waals surface area (Å²) in [4.78, 5) is 1.00. The lowest BCUT2D eigenvalue weighted by Gasteiger charge is -2.45. The molecule has 3 aliphatic rings. The van der Waals surface area contributed by atoms with Gasteiger partial charge in [0.15, 0.2) is 0 Å². The Labute approximate surface area is 268 Å². The largest absolute Gasteiger partial charge is 0.495 e. The Balaban J connectivity index is 0.000000377. The SMILES string of the molecule is C1CC2(CCO1)CNC2.CNSc1ccc(NCC#Cc2cc3c(NC4CCCCC4)cccc3n2CC(F)(F)F)c(OC)c1. The van der Waals surface area contributed by atoms with Crippen LogP contribution < -0.4 is 25.4 Å². The summed E-state index contributed by atoms with van der Waals surface area (Å²) in [6.45, 7) is 3.62. The van der Waals surface area contributed by atoms with E-state index in [0.717, 1.165) is 47.7 Å². The second-order valence-electron chi connectivity index (χ2n) is 12.0. The van der Waals surface area contributed by atoms with Crippen LogP contribution in [0.25, 0.3) is 10.9 Å². The van der Waals surface area contributed by atoms with Crippen molar-refractivity contribution in [2.45, 2.75) is 68.6 Å². The molecule has 6 rings (SSSR count). The zero-order valence-electron chi connectivity index (χ0n) is 26.1. The lowest BCUT2D eigenvalue weighted by Crippen LogP contribution is -2.55. The number of anilines is 2. The van der Waals surface area contributed by atoms with Crippen LogP contribution in [0.2, 0.25) is 0 Å². The van der Waals surface area contributed by atoms with Crippen molar-refractivity contribution in [2.75, 3.05) is 57.6 Å². The molecule has 2 aromatic carbocycles. The quantitative estimate of drug-likeness (QED) is 0.155. The van der Waals surface area contributed by atoms with Crippen molar-refractivity contribution in [1.29, 1.82) is 0 Å². The highest BCUT2D eigenvalue weighted by Crippen LogP contribution is 2.34. The van der Waals surface area contributed by atoms with Gasteiger partial charge < -0.3 is 30.0 Å². The maximum atomic E-state index is 13.5. The zero-order valence-corrected chi connectivity index (χ0v) is 26.9. The minimum absolute atomic E-state index is 0.260. The maximum Gasteiger partial charge on any atom is 0.406 e. The van der Waals surface area contributed by atoms with Crippen molar-refractivity contribution in [3.63, 3.8) is 0 Å². The summed E-state index contributed by atoms with van der Waals surface area (Å²) in [5.74, 6) is 6.62. The number of methoxy groups -OCH3 is 1. The fourth-order valence-electron chi connectivity index (χ4n) is 6.24. The van der Waals surface area contributed by atoms with Crippen molar-refractivity contribution in [2.24, 2.45) is 5.41 Å². The summed E-state index contributed by atoms with van der Waals surface area (Å²) in [7, 11) is 3.43. The van der Waals surface area contributed by atoms with Crippen LogP contribution in [-0.4, -0.2) is 63.8 Å². The molecule has 1 aliphatic carbocycles. The van der Waals surface area contributed by atoms with E-state index < -0.39 is 12.7 Å². The van der Waals surface area contributed by atoms with Gasteiger partial charge in [-0.3, -0.25) is 4.72 Å². The summed E-state index contributed by atoms with van der Waals surface area (Å²) in [5, 5.41) is 10.8. The van der Waals surface area contributed by atoms with E-state index in [1.54, 1.807) is 25.3 Å². The van der Waals surface area contributed by atoms with Crippen LogP contribution in [0.4, 0.5) is 24.5 Å². The standard InChI is InChI=1S/C27H31F3N4OS.C7H13NO/c1-31-36-21-13-14-24(26(17-21)35-2)32-15-7-10-20-16-22-23(33-19-8-4-3-5-9-19)11-6-12-25(22)34(20)18-27(28,29)30;1-3-9-4-2-7(1)5-8-6-7/h6,11-14,16-17,19,31-33H,3-5,8-9,15,18H2,1-2H3;8H,1-6H2. The molecule has 1 spiro atoms. The van der Waals surface area contributed by atoms with Crippen molar-refractivity contribution in [3.8, 4) is 17.6 Å². The number of fused-ring (bicyclic) bond motifs is 1. The van der Waals surface area contributed by atoms with Gasteiger partial charge in [0.1, 0.15) is 12.3 Å². The van der Waals surface area contributed by atoms with Crippen LogP contribution in [0.1, 0.15) is 50.6 Å². The summed E-state index contributed by atoms with van der Waals surface area (Å²) in [5.41, 5.74) is 3.17. The molecule has 2 saturated heterocycles. The average Bonchev–Trinajstić information content (AvgIpc) is 3.37. The van der Waals surface area contributed by atoms with Gasteiger partial charge >= 0.3 is 6.18 Å². The number of nitrogens with one attached hydrogen (secondary N) is 4. The van der Waals surface area contributed by atoms with Gasteiger partial charge in [-0.15, -0.1) is 0 Å². The van der Waals surface area contributed by atoms with Crippen molar-refractivity contribution in [3.05, 3.63) is 48.2 Å². The second kappa shape index (κ2) is 15.5. The molecular formula is C34H44F3N5O2S. The first-order chi connectivity index (χ1) is 21.8. The van der Waals surface area contributed by atoms with Gasteiger partial charge in [-0.2, -0.15) is 13.2 Å². The topological polar surface area (TPSA) is 71.5 Å². The van der Waals surface area contributed by atoms with Crippen LogP contribution in [0, 0.1) is 17.3 Å². The lowest BCUT2D eigenvalue weighted by molar-refractivity contribution is -0.140. The highest BCUT2D eigenvalue weighted by Gasteiger charge is 2.37. The van der Waals surface area contributed by atoms with Crippen LogP contribution in [0.15, 0.2) is 47.4 Å². The van der Waals surface area contributed by atoms with Crippen molar-refractivity contribution in [1.82, 2.24) is 14.6 Å². The molecule has 1 aromatic heterocycles. The van der Waals surface area contributed by atoms with Crippen molar-refractivity contribution >= 4 is 34.2 Å². The number of alkyl halides is 3. The van der Waals surface area contributed by atoms with E-state index >= 15 is 0 Å². The predicted molar refractivity (Wildman–Crippen MR) is 177 cm³/mol. The molecule has 7 nitrogen and oxygen atoms in total. The first kappa shape index (κ1) is 33.3. The fourth-order valence-corrected chi connectivity index (χ4v) is 6.78. The summed E-state index contributed by atoms with van der Waals surface area (Å²) in [6.07, 6.45) is 3.95. The van der Waals surface area contributed by atoms with E-state index in [4.69, 9.17) is 9.47 Å². The second-order valence-corrected chi connectivity index (χ2v) is 13.1. The van der Waals surface area contributed by atoms with Crippen molar-refractivity contribution < 1.29 is 22.6 Å². The van der Waals surface area contributed by atoms with Gasteiger partial charge in [0, 0.05) is 48.3 Å². The van der Waals surface area contributed by atoms with E-state index in [2.05, 4.69) is 32.5 Å².